The van der Waals surface area contributed by atoms with E-state index < -0.39 is 10.8 Å². The maximum absolute atomic E-state index is 11.6. The van der Waals surface area contributed by atoms with E-state index in [1.807, 2.05) is 0 Å². The molecular weight excluding hydrogens is 248 g/mol. The summed E-state index contributed by atoms with van der Waals surface area (Å²) >= 11 is 0. The average molecular weight is 268 g/mol. The van der Waals surface area contributed by atoms with Gasteiger partial charge in [-0.15, -0.1) is 0 Å². The smallest absolute Gasteiger partial charge is 0.236 e. The van der Waals surface area contributed by atoms with Gasteiger partial charge in [0.1, 0.15) is 5.75 Å². The molecule has 3 N–H and O–H groups in total. The van der Waals surface area contributed by atoms with E-state index in [2.05, 4.69) is 19.2 Å². The van der Waals surface area contributed by atoms with Crippen LogP contribution in [-0.2, 0) is 15.6 Å². The van der Waals surface area contributed by atoms with Gasteiger partial charge in [0, 0.05) is 27.9 Å². The van der Waals surface area contributed by atoms with E-state index in [1.54, 1.807) is 24.3 Å². The molecule has 0 bridgehead atoms. The Morgan fingerprint density at radius 1 is 1.33 bits per heavy atom. The highest BCUT2D eigenvalue weighted by Gasteiger charge is 2.09. The number of hydrogen-bond acceptors (Lipinski definition) is 3. The fourth-order valence-corrected chi connectivity index (χ4v) is 2.59. The molecule has 1 aromatic carbocycles. The Labute approximate surface area is 110 Å². The zero-order valence-corrected chi connectivity index (χ0v) is 11.6. The van der Waals surface area contributed by atoms with E-state index in [-0.39, 0.29) is 11.7 Å². The zero-order valence-electron chi connectivity index (χ0n) is 10.8. The van der Waals surface area contributed by atoms with E-state index >= 15 is 0 Å². The average Bonchev–Trinajstić information content (AvgIpc) is 2.29. The molecule has 0 fully saturated rings. The van der Waals surface area contributed by atoms with Crippen molar-refractivity contribution in [2.75, 3.05) is 22.6 Å². The minimum absolute atomic E-state index is 0.0527. The van der Waals surface area contributed by atoms with Crippen LogP contribution < -0.4 is 11.1 Å². The lowest BCUT2D eigenvalue weighted by Gasteiger charge is -2.06. The zero-order chi connectivity index (χ0) is 13.5. The number of hydrogen-bond donors (Lipinski definition) is 2. The van der Waals surface area contributed by atoms with E-state index in [0.717, 1.165) is 6.42 Å². The topological polar surface area (TPSA) is 72.2 Å². The van der Waals surface area contributed by atoms with Crippen molar-refractivity contribution < 1.29 is 9.00 Å². The van der Waals surface area contributed by atoms with Crippen molar-refractivity contribution in [3.63, 3.8) is 0 Å². The van der Waals surface area contributed by atoms with Crippen LogP contribution in [0, 0.1) is 5.92 Å². The predicted molar refractivity (Wildman–Crippen MR) is 76.8 cm³/mol. The maximum atomic E-state index is 11.6. The molecule has 1 amide bonds. The van der Waals surface area contributed by atoms with Gasteiger partial charge in [-0.1, -0.05) is 13.8 Å². The van der Waals surface area contributed by atoms with Gasteiger partial charge in [0.15, 0.2) is 0 Å². The maximum Gasteiger partial charge on any atom is 0.236 e. The molecule has 0 aliphatic heterocycles. The lowest BCUT2D eigenvalue weighted by Crippen LogP contribution is -2.21. The summed E-state index contributed by atoms with van der Waals surface area (Å²) in [6.45, 7) is 4.15. The van der Waals surface area contributed by atoms with Crippen LogP contribution in [0.1, 0.15) is 20.3 Å². The van der Waals surface area contributed by atoms with Crippen molar-refractivity contribution in [1.82, 2.24) is 0 Å². The molecule has 0 spiro atoms. The molecule has 0 aliphatic carbocycles. The Kier molecular flexibility index (Phi) is 5.85. The number of nitrogens with one attached hydrogen (secondary N) is 1. The van der Waals surface area contributed by atoms with Crippen LogP contribution in [0.15, 0.2) is 24.3 Å². The van der Waals surface area contributed by atoms with Crippen LogP contribution in [-0.4, -0.2) is 21.6 Å². The van der Waals surface area contributed by atoms with E-state index in [9.17, 15) is 9.00 Å². The molecule has 0 heterocycles. The lowest BCUT2D eigenvalue weighted by atomic mass is 10.2. The molecule has 5 heteroatoms. The lowest BCUT2D eigenvalue weighted by molar-refractivity contribution is -0.113. The molecule has 4 nitrogen and oxygen atoms in total. The van der Waals surface area contributed by atoms with Gasteiger partial charge >= 0.3 is 0 Å². The van der Waals surface area contributed by atoms with E-state index in [4.69, 9.17) is 5.73 Å². The molecule has 0 saturated carbocycles. The number of rotatable bonds is 6. The second kappa shape index (κ2) is 7.16. The fourth-order valence-electron chi connectivity index (χ4n) is 1.35. The van der Waals surface area contributed by atoms with Gasteiger partial charge in [0.05, 0.1) is 0 Å². The SMILES string of the molecule is CC(C)CCS(=O)CC(=O)Nc1ccc(N)cc1. The van der Waals surface area contributed by atoms with Gasteiger partial charge in [-0.05, 0) is 36.6 Å². The normalized spacial score (nSPS) is 12.4. The van der Waals surface area contributed by atoms with Crippen molar-refractivity contribution in [1.29, 1.82) is 0 Å². The van der Waals surface area contributed by atoms with Crippen molar-refractivity contribution in [2.24, 2.45) is 5.92 Å². The first-order valence-electron chi connectivity index (χ1n) is 5.97. The molecule has 1 atom stereocenters. The van der Waals surface area contributed by atoms with Gasteiger partial charge in [-0.25, -0.2) is 0 Å². The molecule has 18 heavy (non-hydrogen) atoms. The quantitative estimate of drug-likeness (QED) is 0.775. The van der Waals surface area contributed by atoms with Crippen LogP contribution in [0.4, 0.5) is 11.4 Å². The van der Waals surface area contributed by atoms with Gasteiger partial charge in [-0.2, -0.15) is 0 Å². The Hall–Kier alpha value is -1.36. The Balaban J connectivity index is 2.37. The number of anilines is 2. The highest BCUT2D eigenvalue weighted by molar-refractivity contribution is 7.85. The summed E-state index contributed by atoms with van der Waals surface area (Å²) in [5, 5.41) is 2.70. The summed E-state index contributed by atoms with van der Waals surface area (Å²) in [6, 6.07) is 6.88. The standard InChI is InChI=1S/C13H20N2O2S/c1-10(2)7-8-18(17)9-13(16)15-12-5-3-11(14)4-6-12/h3-6,10H,7-9,14H2,1-2H3,(H,15,16). The molecule has 1 unspecified atom stereocenters. The van der Waals surface area contributed by atoms with Crippen LogP contribution in [0.5, 0.6) is 0 Å². The number of nitrogens with two attached hydrogens (primary N) is 1. The number of carbonyl (C=O) groups excluding carboxylic acids is 1. The van der Waals surface area contributed by atoms with Crippen LogP contribution in [0.3, 0.4) is 0 Å². The fraction of sp³-hybridized carbons (Fsp3) is 0.462. The molecule has 0 radical (unpaired) electrons. The van der Waals surface area contributed by atoms with Crippen molar-refractivity contribution in [3.8, 4) is 0 Å². The summed E-state index contributed by atoms with van der Waals surface area (Å²) in [5.74, 6) is 0.917. The first-order chi connectivity index (χ1) is 8.47. The van der Waals surface area contributed by atoms with Crippen molar-refractivity contribution >= 4 is 28.1 Å². The number of nitrogen functional groups attached to an aromatic ring is 1. The number of carbonyl (C=O) groups is 1. The molecular formula is C13H20N2O2S. The summed E-state index contributed by atoms with van der Waals surface area (Å²) < 4.78 is 11.6. The minimum atomic E-state index is -1.09. The van der Waals surface area contributed by atoms with Crippen LogP contribution in [0.25, 0.3) is 0 Å². The van der Waals surface area contributed by atoms with Crippen LogP contribution in [0.2, 0.25) is 0 Å². The summed E-state index contributed by atoms with van der Waals surface area (Å²) in [7, 11) is -1.09. The highest BCUT2D eigenvalue weighted by atomic mass is 32.2. The summed E-state index contributed by atoms with van der Waals surface area (Å²) in [6.07, 6.45) is 0.877. The monoisotopic (exact) mass is 268 g/mol. The highest BCUT2D eigenvalue weighted by Crippen LogP contribution is 2.10. The Morgan fingerprint density at radius 3 is 2.50 bits per heavy atom. The third-order valence-electron chi connectivity index (χ3n) is 2.41. The largest absolute Gasteiger partial charge is 0.399 e. The first kappa shape index (κ1) is 14.7. The second-order valence-corrected chi connectivity index (χ2v) is 6.22. The third-order valence-corrected chi connectivity index (χ3v) is 3.68. The van der Waals surface area contributed by atoms with Gasteiger partial charge in [0.25, 0.3) is 0 Å². The van der Waals surface area contributed by atoms with E-state index in [0.29, 0.717) is 23.0 Å². The summed E-state index contributed by atoms with van der Waals surface area (Å²) in [4.78, 5) is 11.6. The summed E-state index contributed by atoms with van der Waals surface area (Å²) in [5.41, 5.74) is 6.87. The third kappa shape index (κ3) is 5.82. The van der Waals surface area contributed by atoms with Gasteiger partial charge in [-0.3, -0.25) is 9.00 Å². The van der Waals surface area contributed by atoms with E-state index in [1.165, 1.54) is 0 Å². The second-order valence-electron chi connectivity index (χ2n) is 4.64. The molecule has 100 valence electrons. The van der Waals surface area contributed by atoms with Crippen molar-refractivity contribution in [2.45, 2.75) is 20.3 Å². The first-order valence-corrected chi connectivity index (χ1v) is 7.46. The number of benzene rings is 1. The molecule has 0 aromatic heterocycles. The van der Waals surface area contributed by atoms with Crippen molar-refractivity contribution in [3.05, 3.63) is 24.3 Å². The Morgan fingerprint density at radius 2 is 1.94 bits per heavy atom. The Bertz CT molecular complexity index is 416. The van der Waals surface area contributed by atoms with Gasteiger partial charge in [0.2, 0.25) is 5.91 Å². The molecule has 1 rings (SSSR count). The molecule has 1 aromatic rings. The minimum Gasteiger partial charge on any atom is -0.399 e. The number of amides is 1. The van der Waals surface area contributed by atoms with Gasteiger partial charge < -0.3 is 11.1 Å². The predicted octanol–water partition coefficient (Wildman–Crippen LogP) is 2.00. The molecule has 0 saturated heterocycles. The molecule has 0 aliphatic rings. The van der Waals surface area contributed by atoms with Crippen LogP contribution >= 0.6 is 0 Å².